The average Bonchev–Trinajstić information content (AvgIpc) is 2.42. The summed E-state index contributed by atoms with van der Waals surface area (Å²) in [5.41, 5.74) is 6.71. The standard InChI is InChI=1S/C15H31N/c1-15(2,3)11-10-14(16)12-13-8-6-4-5-7-9-13/h13-14H,4-12,16H2,1-3H3. The first-order valence-electron chi connectivity index (χ1n) is 7.23. The van der Waals surface area contributed by atoms with Crippen LogP contribution in [0.25, 0.3) is 0 Å². The maximum Gasteiger partial charge on any atom is 0.00416 e. The van der Waals surface area contributed by atoms with E-state index >= 15 is 0 Å². The molecule has 1 saturated carbocycles. The highest BCUT2D eigenvalue weighted by molar-refractivity contribution is 4.73. The second-order valence-electron chi connectivity index (χ2n) is 6.95. The second kappa shape index (κ2) is 6.64. The first-order valence-corrected chi connectivity index (χ1v) is 7.23. The fraction of sp³-hybridized carbons (Fsp3) is 1.00. The van der Waals surface area contributed by atoms with Gasteiger partial charge in [-0.25, -0.2) is 0 Å². The number of hydrogen-bond donors (Lipinski definition) is 1. The Labute approximate surface area is 102 Å². The SMILES string of the molecule is CC(C)(C)CCC(N)CC1CCCCCC1. The van der Waals surface area contributed by atoms with Crippen molar-refractivity contribution in [1.82, 2.24) is 0 Å². The smallest absolute Gasteiger partial charge is 0.00416 e. The first kappa shape index (κ1) is 14.0. The maximum absolute atomic E-state index is 6.26. The number of hydrogen-bond acceptors (Lipinski definition) is 1. The van der Waals surface area contributed by atoms with Crippen molar-refractivity contribution in [3.8, 4) is 0 Å². The van der Waals surface area contributed by atoms with Crippen LogP contribution >= 0.6 is 0 Å². The van der Waals surface area contributed by atoms with Crippen LogP contribution in [0.1, 0.15) is 78.6 Å². The van der Waals surface area contributed by atoms with Gasteiger partial charge in [0.2, 0.25) is 0 Å². The quantitative estimate of drug-likeness (QED) is 0.700. The highest BCUT2D eigenvalue weighted by Crippen LogP contribution is 2.28. The Balaban J connectivity index is 2.19. The number of nitrogens with two attached hydrogens (primary N) is 1. The van der Waals surface area contributed by atoms with Crippen molar-refractivity contribution in [2.75, 3.05) is 0 Å². The predicted molar refractivity (Wildman–Crippen MR) is 72.5 cm³/mol. The van der Waals surface area contributed by atoms with E-state index < -0.39 is 0 Å². The number of rotatable bonds is 4. The highest BCUT2D eigenvalue weighted by Gasteiger charge is 2.18. The monoisotopic (exact) mass is 225 g/mol. The van der Waals surface area contributed by atoms with E-state index in [1.165, 1.54) is 57.8 Å². The van der Waals surface area contributed by atoms with Crippen molar-refractivity contribution >= 4 is 0 Å². The van der Waals surface area contributed by atoms with Gasteiger partial charge in [-0.1, -0.05) is 59.3 Å². The predicted octanol–water partition coefficient (Wildman–Crippen LogP) is 4.50. The minimum absolute atomic E-state index is 0.446. The van der Waals surface area contributed by atoms with Gasteiger partial charge in [-0.2, -0.15) is 0 Å². The zero-order chi connectivity index (χ0) is 12.0. The molecule has 1 aliphatic rings. The molecule has 16 heavy (non-hydrogen) atoms. The molecule has 0 bridgehead atoms. The summed E-state index contributed by atoms with van der Waals surface area (Å²) in [6.07, 6.45) is 12.4. The average molecular weight is 225 g/mol. The van der Waals surface area contributed by atoms with Crippen LogP contribution in [0.5, 0.6) is 0 Å². The molecule has 1 heteroatoms. The molecular formula is C15H31N. The van der Waals surface area contributed by atoms with Crippen LogP contribution in [0.15, 0.2) is 0 Å². The topological polar surface area (TPSA) is 26.0 Å². The fourth-order valence-electron chi connectivity index (χ4n) is 2.76. The largest absolute Gasteiger partial charge is 0.328 e. The minimum Gasteiger partial charge on any atom is -0.328 e. The Morgan fingerprint density at radius 1 is 1.06 bits per heavy atom. The normalized spacial score (nSPS) is 21.8. The van der Waals surface area contributed by atoms with Gasteiger partial charge in [0.1, 0.15) is 0 Å². The van der Waals surface area contributed by atoms with E-state index in [1.54, 1.807) is 0 Å². The molecular weight excluding hydrogens is 194 g/mol. The van der Waals surface area contributed by atoms with E-state index in [-0.39, 0.29) is 0 Å². The van der Waals surface area contributed by atoms with Gasteiger partial charge in [0.15, 0.2) is 0 Å². The van der Waals surface area contributed by atoms with E-state index in [1.807, 2.05) is 0 Å². The lowest BCUT2D eigenvalue weighted by Gasteiger charge is -2.23. The Morgan fingerprint density at radius 2 is 1.62 bits per heavy atom. The molecule has 0 heterocycles. The molecule has 0 radical (unpaired) electrons. The van der Waals surface area contributed by atoms with E-state index in [9.17, 15) is 0 Å². The van der Waals surface area contributed by atoms with Crippen molar-refractivity contribution in [2.45, 2.75) is 84.6 Å². The lowest BCUT2D eigenvalue weighted by molar-refractivity contribution is 0.316. The van der Waals surface area contributed by atoms with Crippen LogP contribution in [0.2, 0.25) is 0 Å². The van der Waals surface area contributed by atoms with Gasteiger partial charge in [0.25, 0.3) is 0 Å². The summed E-state index contributed by atoms with van der Waals surface area (Å²) in [5.74, 6) is 0.928. The van der Waals surface area contributed by atoms with Crippen LogP contribution in [0.3, 0.4) is 0 Å². The van der Waals surface area contributed by atoms with Crippen molar-refractivity contribution in [3.05, 3.63) is 0 Å². The van der Waals surface area contributed by atoms with Gasteiger partial charge in [-0.15, -0.1) is 0 Å². The van der Waals surface area contributed by atoms with Crippen molar-refractivity contribution in [3.63, 3.8) is 0 Å². The second-order valence-corrected chi connectivity index (χ2v) is 6.95. The van der Waals surface area contributed by atoms with Gasteiger partial charge in [0, 0.05) is 6.04 Å². The molecule has 0 aromatic carbocycles. The summed E-state index contributed by atoms with van der Waals surface area (Å²) < 4.78 is 0. The molecule has 1 atom stereocenters. The molecule has 0 aromatic rings. The summed E-state index contributed by atoms with van der Waals surface area (Å²) in [7, 11) is 0. The minimum atomic E-state index is 0.446. The summed E-state index contributed by atoms with van der Waals surface area (Å²) in [6.45, 7) is 6.93. The van der Waals surface area contributed by atoms with Gasteiger partial charge >= 0.3 is 0 Å². The lowest BCUT2D eigenvalue weighted by Crippen LogP contribution is -2.25. The van der Waals surface area contributed by atoms with E-state index in [0.717, 1.165) is 5.92 Å². The summed E-state index contributed by atoms with van der Waals surface area (Å²) >= 11 is 0. The summed E-state index contributed by atoms with van der Waals surface area (Å²) in [6, 6.07) is 0.447. The van der Waals surface area contributed by atoms with Crippen LogP contribution < -0.4 is 5.73 Å². The van der Waals surface area contributed by atoms with Crippen molar-refractivity contribution < 1.29 is 0 Å². The van der Waals surface area contributed by atoms with Crippen LogP contribution in [0.4, 0.5) is 0 Å². The van der Waals surface area contributed by atoms with E-state index in [4.69, 9.17) is 5.73 Å². The van der Waals surface area contributed by atoms with Crippen molar-refractivity contribution in [2.24, 2.45) is 17.1 Å². The molecule has 1 aliphatic carbocycles. The Bertz CT molecular complexity index is 172. The summed E-state index contributed by atoms with van der Waals surface area (Å²) in [5, 5.41) is 0. The molecule has 2 N–H and O–H groups in total. The van der Waals surface area contributed by atoms with Crippen molar-refractivity contribution in [1.29, 1.82) is 0 Å². The molecule has 1 rings (SSSR count). The van der Waals surface area contributed by atoms with Crippen LogP contribution in [-0.2, 0) is 0 Å². The Morgan fingerprint density at radius 3 is 2.12 bits per heavy atom. The van der Waals surface area contributed by atoms with E-state index in [2.05, 4.69) is 20.8 Å². The molecule has 0 spiro atoms. The molecule has 0 amide bonds. The fourth-order valence-corrected chi connectivity index (χ4v) is 2.76. The lowest BCUT2D eigenvalue weighted by atomic mass is 9.85. The first-order chi connectivity index (χ1) is 7.47. The highest BCUT2D eigenvalue weighted by atomic mass is 14.6. The van der Waals surface area contributed by atoms with Gasteiger partial charge in [0.05, 0.1) is 0 Å². The van der Waals surface area contributed by atoms with Gasteiger partial charge in [-0.05, 0) is 30.6 Å². The molecule has 1 nitrogen and oxygen atoms in total. The summed E-state index contributed by atoms with van der Waals surface area (Å²) in [4.78, 5) is 0. The molecule has 0 aliphatic heterocycles. The molecule has 96 valence electrons. The molecule has 0 saturated heterocycles. The third-order valence-corrected chi connectivity index (χ3v) is 3.88. The third kappa shape index (κ3) is 6.52. The van der Waals surface area contributed by atoms with Crippen LogP contribution in [-0.4, -0.2) is 6.04 Å². The van der Waals surface area contributed by atoms with Gasteiger partial charge in [-0.3, -0.25) is 0 Å². The van der Waals surface area contributed by atoms with Crippen LogP contribution in [0, 0.1) is 11.3 Å². The Kier molecular flexibility index (Phi) is 5.82. The van der Waals surface area contributed by atoms with E-state index in [0.29, 0.717) is 11.5 Å². The zero-order valence-electron chi connectivity index (χ0n) is 11.6. The Hall–Kier alpha value is -0.0400. The molecule has 1 unspecified atom stereocenters. The third-order valence-electron chi connectivity index (χ3n) is 3.88. The molecule has 0 aromatic heterocycles. The van der Waals surface area contributed by atoms with Gasteiger partial charge < -0.3 is 5.73 Å². The zero-order valence-corrected chi connectivity index (χ0v) is 11.6. The maximum atomic E-state index is 6.26. The molecule has 1 fully saturated rings.